The van der Waals surface area contributed by atoms with E-state index in [9.17, 15) is 14.5 Å². The van der Waals surface area contributed by atoms with E-state index in [2.05, 4.69) is 0 Å². The maximum atomic E-state index is 12.9. The van der Waals surface area contributed by atoms with Crippen LogP contribution in [0.3, 0.4) is 0 Å². The molecule has 2 aromatic carbocycles. The van der Waals surface area contributed by atoms with E-state index in [1.165, 1.54) is 6.07 Å². The molecule has 0 aliphatic carbocycles. The fourth-order valence-corrected chi connectivity index (χ4v) is 1.38. The third-order valence-electron chi connectivity index (χ3n) is 2.23. The molecule has 0 heterocycles. The first-order valence-electron chi connectivity index (χ1n) is 5.03. The van der Waals surface area contributed by atoms with Gasteiger partial charge < -0.3 is 10.5 Å². The first-order valence-corrected chi connectivity index (χ1v) is 5.03. The first-order chi connectivity index (χ1) is 8.56. The number of halogens is 1. The second-order valence-corrected chi connectivity index (χ2v) is 3.54. The lowest BCUT2D eigenvalue weighted by Gasteiger charge is -2.06. The number of benzene rings is 2. The molecule has 18 heavy (non-hydrogen) atoms. The number of nitro benzene ring substituents is 1. The summed E-state index contributed by atoms with van der Waals surface area (Å²) in [4.78, 5) is 10.1. The summed E-state index contributed by atoms with van der Waals surface area (Å²) in [5, 5.41) is 10.8. The minimum absolute atomic E-state index is 0.0221. The van der Waals surface area contributed by atoms with Gasteiger partial charge in [0.1, 0.15) is 11.6 Å². The van der Waals surface area contributed by atoms with Crippen LogP contribution in [0.1, 0.15) is 0 Å². The second kappa shape index (κ2) is 4.70. The summed E-state index contributed by atoms with van der Waals surface area (Å²) in [5.74, 6) is -0.323. The van der Waals surface area contributed by atoms with E-state index >= 15 is 0 Å². The summed E-state index contributed by atoms with van der Waals surface area (Å²) in [6.45, 7) is 0. The zero-order chi connectivity index (χ0) is 13.1. The van der Waals surface area contributed by atoms with Gasteiger partial charge in [-0.25, -0.2) is 4.39 Å². The molecule has 0 atom stereocenters. The Labute approximate surface area is 102 Å². The smallest absolute Gasteiger partial charge is 0.314 e. The van der Waals surface area contributed by atoms with Crippen molar-refractivity contribution in [3.05, 3.63) is 58.4 Å². The molecule has 2 aromatic rings. The Morgan fingerprint density at radius 3 is 2.44 bits per heavy atom. The number of nitrogen functional groups attached to an aromatic ring is 1. The maximum absolute atomic E-state index is 12.9. The third-order valence-corrected chi connectivity index (χ3v) is 2.23. The van der Waals surface area contributed by atoms with Gasteiger partial charge >= 0.3 is 5.69 Å². The third kappa shape index (κ3) is 2.54. The fraction of sp³-hybridized carbons (Fsp3) is 0. The molecule has 0 saturated heterocycles. The van der Waals surface area contributed by atoms with Gasteiger partial charge in [-0.15, -0.1) is 0 Å². The summed E-state index contributed by atoms with van der Waals surface area (Å²) in [6, 6.07) is 9.47. The van der Waals surface area contributed by atoms with Crippen LogP contribution in [0.5, 0.6) is 11.5 Å². The molecule has 0 spiro atoms. The van der Waals surface area contributed by atoms with E-state index in [1.54, 1.807) is 24.3 Å². The highest BCUT2D eigenvalue weighted by Gasteiger charge is 2.16. The lowest BCUT2D eigenvalue weighted by atomic mass is 10.2. The maximum Gasteiger partial charge on any atom is 0.314 e. The van der Waals surface area contributed by atoms with Crippen molar-refractivity contribution in [1.29, 1.82) is 0 Å². The van der Waals surface area contributed by atoms with Gasteiger partial charge in [0.15, 0.2) is 0 Å². The van der Waals surface area contributed by atoms with Crippen molar-refractivity contribution in [2.75, 3.05) is 5.73 Å². The zero-order valence-corrected chi connectivity index (χ0v) is 9.17. The Kier molecular flexibility index (Phi) is 3.09. The van der Waals surface area contributed by atoms with E-state index in [0.29, 0.717) is 11.4 Å². The van der Waals surface area contributed by atoms with Crippen LogP contribution >= 0.6 is 0 Å². The second-order valence-electron chi connectivity index (χ2n) is 3.54. The number of nitro groups is 1. The van der Waals surface area contributed by atoms with Crippen molar-refractivity contribution in [3.63, 3.8) is 0 Å². The van der Waals surface area contributed by atoms with E-state index in [1.807, 2.05) is 0 Å². The SMILES string of the molecule is Nc1ccc(Oc2ccc(F)cc2[N+](=O)[O-])cc1. The molecule has 92 valence electrons. The van der Waals surface area contributed by atoms with Crippen LogP contribution in [0.2, 0.25) is 0 Å². The monoisotopic (exact) mass is 248 g/mol. The summed E-state index contributed by atoms with van der Waals surface area (Å²) >= 11 is 0. The molecular weight excluding hydrogens is 239 g/mol. The summed E-state index contributed by atoms with van der Waals surface area (Å²) in [7, 11) is 0. The topological polar surface area (TPSA) is 78.4 Å². The van der Waals surface area contributed by atoms with Gasteiger partial charge in [0.25, 0.3) is 0 Å². The van der Waals surface area contributed by atoms with Crippen molar-refractivity contribution in [3.8, 4) is 11.5 Å². The summed E-state index contributed by atoms with van der Waals surface area (Å²) in [5.41, 5.74) is 5.63. The summed E-state index contributed by atoms with van der Waals surface area (Å²) in [6.07, 6.45) is 0. The highest BCUT2D eigenvalue weighted by Crippen LogP contribution is 2.31. The molecule has 0 unspecified atom stereocenters. The van der Waals surface area contributed by atoms with E-state index in [0.717, 1.165) is 12.1 Å². The van der Waals surface area contributed by atoms with Crippen LogP contribution in [0.4, 0.5) is 15.8 Å². The van der Waals surface area contributed by atoms with Crippen LogP contribution in [0, 0.1) is 15.9 Å². The number of nitrogens with zero attached hydrogens (tertiary/aromatic N) is 1. The number of rotatable bonds is 3. The molecule has 5 nitrogen and oxygen atoms in total. The predicted molar refractivity (Wildman–Crippen MR) is 64.0 cm³/mol. The highest BCUT2D eigenvalue weighted by molar-refractivity contribution is 5.49. The van der Waals surface area contributed by atoms with E-state index in [-0.39, 0.29) is 5.75 Å². The molecule has 0 fully saturated rings. The predicted octanol–water partition coefficient (Wildman–Crippen LogP) is 3.11. The van der Waals surface area contributed by atoms with Crippen molar-refractivity contribution in [1.82, 2.24) is 0 Å². The van der Waals surface area contributed by atoms with Crippen molar-refractivity contribution < 1.29 is 14.1 Å². The van der Waals surface area contributed by atoms with E-state index in [4.69, 9.17) is 10.5 Å². The van der Waals surface area contributed by atoms with Gasteiger partial charge in [0.2, 0.25) is 5.75 Å². The fourth-order valence-electron chi connectivity index (χ4n) is 1.38. The molecule has 0 aliphatic rings. The van der Waals surface area contributed by atoms with Crippen molar-refractivity contribution in [2.45, 2.75) is 0 Å². The molecule has 2 rings (SSSR count). The van der Waals surface area contributed by atoms with Gasteiger partial charge in [-0.3, -0.25) is 10.1 Å². The number of hydrogen-bond donors (Lipinski definition) is 1. The molecule has 0 saturated carbocycles. The Morgan fingerprint density at radius 1 is 1.17 bits per heavy atom. The Hall–Kier alpha value is -2.63. The van der Waals surface area contributed by atoms with Crippen LogP contribution in [-0.4, -0.2) is 4.92 Å². The minimum atomic E-state index is -0.699. The average Bonchev–Trinajstić information content (AvgIpc) is 2.34. The number of nitrogens with two attached hydrogens (primary N) is 1. The molecular formula is C12H9FN2O3. The quantitative estimate of drug-likeness (QED) is 0.514. The normalized spacial score (nSPS) is 10.1. The van der Waals surface area contributed by atoms with Gasteiger partial charge in [-0.1, -0.05) is 0 Å². The molecule has 0 amide bonds. The molecule has 2 N–H and O–H groups in total. The van der Waals surface area contributed by atoms with E-state index < -0.39 is 16.4 Å². The number of hydrogen-bond acceptors (Lipinski definition) is 4. The largest absolute Gasteiger partial charge is 0.450 e. The zero-order valence-electron chi connectivity index (χ0n) is 9.17. The molecule has 0 radical (unpaired) electrons. The van der Waals surface area contributed by atoms with Crippen molar-refractivity contribution >= 4 is 11.4 Å². The van der Waals surface area contributed by atoms with Crippen LogP contribution in [0.25, 0.3) is 0 Å². The first kappa shape index (κ1) is 11.8. The molecule has 0 bridgehead atoms. The lowest BCUT2D eigenvalue weighted by molar-refractivity contribution is -0.385. The van der Waals surface area contributed by atoms with Gasteiger partial charge in [0, 0.05) is 5.69 Å². The van der Waals surface area contributed by atoms with Crippen LogP contribution < -0.4 is 10.5 Å². The number of anilines is 1. The van der Waals surface area contributed by atoms with Gasteiger partial charge in [-0.05, 0) is 36.4 Å². The van der Waals surface area contributed by atoms with Crippen LogP contribution in [0.15, 0.2) is 42.5 Å². The molecule has 0 aromatic heterocycles. The van der Waals surface area contributed by atoms with Gasteiger partial charge in [0.05, 0.1) is 11.0 Å². The standard InChI is InChI=1S/C12H9FN2O3/c13-8-1-6-12(11(7-8)15(16)17)18-10-4-2-9(14)3-5-10/h1-7H,14H2. The summed E-state index contributed by atoms with van der Waals surface area (Å²) < 4.78 is 18.2. The highest BCUT2D eigenvalue weighted by atomic mass is 19.1. The lowest BCUT2D eigenvalue weighted by Crippen LogP contribution is -1.94. The number of ether oxygens (including phenoxy) is 1. The van der Waals surface area contributed by atoms with Gasteiger partial charge in [-0.2, -0.15) is 0 Å². The minimum Gasteiger partial charge on any atom is -0.450 e. The average molecular weight is 248 g/mol. The molecule has 6 heteroatoms. The van der Waals surface area contributed by atoms with Crippen molar-refractivity contribution in [2.24, 2.45) is 0 Å². The Balaban J connectivity index is 2.34. The molecule has 0 aliphatic heterocycles. The van der Waals surface area contributed by atoms with Crippen LogP contribution in [-0.2, 0) is 0 Å². The Bertz CT molecular complexity index is 584. The Morgan fingerprint density at radius 2 is 1.83 bits per heavy atom.